The minimum absolute atomic E-state index is 0.209. The molecule has 1 aromatic carbocycles. The van der Waals surface area contributed by atoms with E-state index in [1.54, 1.807) is 30.5 Å². The monoisotopic (exact) mass is 257 g/mol. The third-order valence-corrected chi connectivity index (χ3v) is 2.49. The Morgan fingerprint density at radius 2 is 2.21 bits per heavy atom. The standard InChI is InChI=1S/C14H15N3O2/c1-2-19-11-6-3-5-10(9-11)17-14(18)12-7-4-8-16-13(12)15/h3-9H,2H2,1H3,(H2,15,16)(H,17,18). The molecule has 0 saturated heterocycles. The van der Waals surface area contributed by atoms with Crippen molar-refractivity contribution in [1.29, 1.82) is 0 Å². The summed E-state index contributed by atoms with van der Waals surface area (Å²) in [6.07, 6.45) is 1.54. The summed E-state index contributed by atoms with van der Waals surface area (Å²) in [5.74, 6) is 0.625. The van der Waals surface area contributed by atoms with Crippen LogP contribution in [-0.4, -0.2) is 17.5 Å². The number of rotatable bonds is 4. The normalized spacial score (nSPS) is 9.95. The van der Waals surface area contributed by atoms with E-state index >= 15 is 0 Å². The van der Waals surface area contributed by atoms with Gasteiger partial charge in [-0.1, -0.05) is 6.07 Å². The number of carbonyl (C=O) groups excluding carboxylic acids is 1. The number of ether oxygens (including phenoxy) is 1. The molecule has 0 unspecified atom stereocenters. The van der Waals surface area contributed by atoms with Gasteiger partial charge in [0.25, 0.3) is 5.91 Å². The zero-order valence-corrected chi connectivity index (χ0v) is 10.6. The molecular formula is C14H15N3O2. The lowest BCUT2D eigenvalue weighted by Crippen LogP contribution is -2.14. The summed E-state index contributed by atoms with van der Waals surface area (Å²) in [5.41, 5.74) is 6.66. The zero-order chi connectivity index (χ0) is 13.7. The SMILES string of the molecule is CCOc1cccc(NC(=O)c2cccnc2N)c1. The lowest BCUT2D eigenvalue weighted by atomic mass is 10.2. The number of nitrogen functional groups attached to an aromatic ring is 1. The lowest BCUT2D eigenvalue weighted by molar-refractivity contribution is 0.102. The summed E-state index contributed by atoms with van der Waals surface area (Å²) in [6.45, 7) is 2.48. The maximum Gasteiger partial charge on any atom is 0.259 e. The van der Waals surface area contributed by atoms with Crippen molar-refractivity contribution < 1.29 is 9.53 Å². The highest BCUT2D eigenvalue weighted by molar-refractivity contribution is 6.07. The number of nitrogens with one attached hydrogen (secondary N) is 1. The van der Waals surface area contributed by atoms with Crippen LogP contribution in [0.15, 0.2) is 42.6 Å². The summed E-state index contributed by atoms with van der Waals surface area (Å²) in [4.78, 5) is 15.9. The Hall–Kier alpha value is -2.56. The van der Waals surface area contributed by atoms with Crippen LogP contribution < -0.4 is 15.8 Å². The third-order valence-electron chi connectivity index (χ3n) is 2.49. The fourth-order valence-electron chi connectivity index (χ4n) is 1.64. The fourth-order valence-corrected chi connectivity index (χ4v) is 1.64. The van der Waals surface area contributed by atoms with E-state index in [4.69, 9.17) is 10.5 Å². The Balaban J connectivity index is 2.15. The van der Waals surface area contributed by atoms with Gasteiger partial charge in [0.15, 0.2) is 0 Å². The maximum absolute atomic E-state index is 12.0. The first-order chi connectivity index (χ1) is 9.20. The Morgan fingerprint density at radius 1 is 1.37 bits per heavy atom. The van der Waals surface area contributed by atoms with Crippen LogP contribution in [0, 0.1) is 0 Å². The van der Waals surface area contributed by atoms with Gasteiger partial charge in [-0.3, -0.25) is 4.79 Å². The maximum atomic E-state index is 12.0. The number of carbonyl (C=O) groups is 1. The number of hydrogen-bond donors (Lipinski definition) is 2. The zero-order valence-electron chi connectivity index (χ0n) is 10.6. The molecule has 0 aliphatic rings. The van der Waals surface area contributed by atoms with Gasteiger partial charge in [0.2, 0.25) is 0 Å². The van der Waals surface area contributed by atoms with Gasteiger partial charge in [-0.15, -0.1) is 0 Å². The van der Waals surface area contributed by atoms with E-state index in [-0.39, 0.29) is 11.7 Å². The van der Waals surface area contributed by atoms with Gasteiger partial charge in [-0.25, -0.2) is 4.98 Å². The fraction of sp³-hybridized carbons (Fsp3) is 0.143. The van der Waals surface area contributed by atoms with Gasteiger partial charge in [-0.05, 0) is 31.2 Å². The number of benzene rings is 1. The molecule has 5 heteroatoms. The summed E-state index contributed by atoms with van der Waals surface area (Å²) in [7, 11) is 0. The molecule has 0 aliphatic heterocycles. The number of aromatic nitrogens is 1. The molecule has 2 rings (SSSR count). The Kier molecular flexibility index (Phi) is 3.97. The number of nitrogens with zero attached hydrogens (tertiary/aromatic N) is 1. The van der Waals surface area contributed by atoms with E-state index in [1.165, 1.54) is 0 Å². The van der Waals surface area contributed by atoms with Crippen molar-refractivity contribution in [2.24, 2.45) is 0 Å². The average molecular weight is 257 g/mol. The van der Waals surface area contributed by atoms with Crippen LogP contribution in [-0.2, 0) is 0 Å². The molecule has 19 heavy (non-hydrogen) atoms. The quantitative estimate of drug-likeness (QED) is 0.881. The number of hydrogen-bond acceptors (Lipinski definition) is 4. The Morgan fingerprint density at radius 3 is 2.95 bits per heavy atom. The average Bonchev–Trinajstić information content (AvgIpc) is 2.40. The van der Waals surface area contributed by atoms with Crippen LogP contribution in [0.1, 0.15) is 17.3 Å². The van der Waals surface area contributed by atoms with Crippen molar-refractivity contribution in [3.05, 3.63) is 48.2 Å². The van der Waals surface area contributed by atoms with Crippen LogP contribution in [0.25, 0.3) is 0 Å². The van der Waals surface area contributed by atoms with Crippen molar-refractivity contribution in [3.8, 4) is 5.75 Å². The van der Waals surface area contributed by atoms with Gasteiger partial charge in [0.1, 0.15) is 11.6 Å². The van der Waals surface area contributed by atoms with Crippen LogP contribution in [0.4, 0.5) is 11.5 Å². The van der Waals surface area contributed by atoms with E-state index in [2.05, 4.69) is 10.3 Å². The molecular weight excluding hydrogens is 242 g/mol. The Labute approximate surface area is 111 Å². The molecule has 1 amide bonds. The minimum Gasteiger partial charge on any atom is -0.494 e. The van der Waals surface area contributed by atoms with E-state index in [0.29, 0.717) is 23.6 Å². The first kappa shape index (κ1) is 12.9. The molecule has 98 valence electrons. The molecule has 0 saturated carbocycles. The molecule has 0 radical (unpaired) electrons. The molecule has 1 heterocycles. The second-order valence-corrected chi connectivity index (χ2v) is 3.85. The summed E-state index contributed by atoms with van der Waals surface area (Å²) in [5, 5.41) is 2.76. The second-order valence-electron chi connectivity index (χ2n) is 3.85. The summed E-state index contributed by atoms with van der Waals surface area (Å²) in [6, 6.07) is 10.5. The van der Waals surface area contributed by atoms with E-state index < -0.39 is 0 Å². The highest BCUT2D eigenvalue weighted by Crippen LogP contribution is 2.18. The molecule has 0 atom stereocenters. The molecule has 1 aromatic heterocycles. The molecule has 0 bridgehead atoms. The van der Waals surface area contributed by atoms with E-state index in [9.17, 15) is 4.79 Å². The highest BCUT2D eigenvalue weighted by atomic mass is 16.5. The molecule has 0 spiro atoms. The number of pyridine rings is 1. The topological polar surface area (TPSA) is 77.2 Å². The van der Waals surface area contributed by atoms with Crippen LogP contribution in [0.2, 0.25) is 0 Å². The van der Waals surface area contributed by atoms with Crippen molar-refractivity contribution in [1.82, 2.24) is 4.98 Å². The van der Waals surface area contributed by atoms with Gasteiger partial charge < -0.3 is 15.8 Å². The first-order valence-electron chi connectivity index (χ1n) is 5.95. The second kappa shape index (κ2) is 5.86. The molecule has 3 N–H and O–H groups in total. The smallest absolute Gasteiger partial charge is 0.259 e. The van der Waals surface area contributed by atoms with E-state index in [1.807, 2.05) is 19.1 Å². The number of amides is 1. The largest absolute Gasteiger partial charge is 0.494 e. The predicted molar refractivity (Wildman–Crippen MR) is 74.2 cm³/mol. The lowest BCUT2D eigenvalue weighted by Gasteiger charge is -2.08. The summed E-state index contributed by atoms with van der Waals surface area (Å²) >= 11 is 0. The van der Waals surface area contributed by atoms with Crippen molar-refractivity contribution in [2.45, 2.75) is 6.92 Å². The molecule has 2 aromatic rings. The van der Waals surface area contributed by atoms with Crippen LogP contribution in [0.3, 0.4) is 0 Å². The van der Waals surface area contributed by atoms with Crippen molar-refractivity contribution in [3.63, 3.8) is 0 Å². The first-order valence-corrected chi connectivity index (χ1v) is 5.95. The van der Waals surface area contributed by atoms with Crippen molar-refractivity contribution in [2.75, 3.05) is 17.7 Å². The van der Waals surface area contributed by atoms with Gasteiger partial charge in [0, 0.05) is 18.0 Å². The number of anilines is 2. The van der Waals surface area contributed by atoms with Crippen molar-refractivity contribution >= 4 is 17.4 Å². The molecule has 5 nitrogen and oxygen atoms in total. The predicted octanol–water partition coefficient (Wildman–Crippen LogP) is 2.31. The minimum atomic E-state index is -0.292. The van der Waals surface area contributed by atoms with E-state index in [0.717, 1.165) is 0 Å². The highest BCUT2D eigenvalue weighted by Gasteiger charge is 2.10. The van der Waals surface area contributed by atoms with Gasteiger partial charge in [-0.2, -0.15) is 0 Å². The summed E-state index contributed by atoms with van der Waals surface area (Å²) < 4.78 is 5.37. The van der Waals surface area contributed by atoms with Crippen LogP contribution in [0.5, 0.6) is 5.75 Å². The Bertz CT molecular complexity index is 584. The van der Waals surface area contributed by atoms with Crippen LogP contribution >= 0.6 is 0 Å². The molecule has 0 fully saturated rings. The molecule has 0 aliphatic carbocycles. The van der Waals surface area contributed by atoms with Gasteiger partial charge >= 0.3 is 0 Å². The number of nitrogens with two attached hydrogens (primary N) is 1. The third kappa shape index (κ3) is 3.22. The van der Waals surface area contributed by atoms with Gasteiger partial charge in [0.05, 0.1) is 12.2 Å².